The summed E-state index contributed by atoms with van der Waals surface area (Å²) in [5.74, 6) is 0.700. The van der Waals surface area contributed by atoms with Gasteiger partial charge < -0.3 is 5.32 Å². The molecule has 130 valence electrons. The van der Waals surface area contributed by atoms with Crippen molar-refractivity contribution in [2.24, 2.45) is 0 Å². The van der Waals surface area contributed by atoms with Gasteiger partial charge in [-0.1, -0.05) is 56.5 Å². The molecule has 1 aromatic carbocycles. The molecular formula is C20H25N5. The van der Waals surface area contributed by atoms with E-state index in [1.54, 1.807) is 0 Å². The van der Waals surface area contributed by atoms with Crippen molar-refractivity contribution in [3.8, 4) is 11.3 Å². The van der Waals surface area contributed by atoms with Crippen LogP contribution in [0.5, 0.6) is 0 Å². The third-order valence-corrected chi connectivity index (χ3v) is 4.95. The zero-order valence-corrected chi connectivity index (χ0v) is 14.8. The van der Waals surface area contributed by atoms with Gasteiger partial charge in [-0.05, 0) is 19.3 Å². The second-order valence-electron chi connectivity index (χ2n) is 6.81. The third-order valence-electron chi connectivity index (χ3n) is 4.95. The number of fused-ring (bicyclic) bond motifs is 1. The first-order valence-electron chi connectivity index (χ1n) is 9.41. The topological polar surface area (TPSA) is 55.6 Å². The maximum absolute atomic E-state index is 4.99. The molecule has 1 N–H and O–H groups in total. The van der Waals surface area contributed by atoms with E-state index in [9.17, 15) is 0 Å². The van der Waals surface area contributed by atoms with Crippen LogP contribution in [0, 0.1) is 0 Å². The van der Waals surface area contributed by atoms with E-state index in [2.05, 4.69) is 46.2 Å². The molecule has 0 aliphatic heterocycles. The standard InChI is InChI=1S/C20H25N5/c1-2-13-21-20-22-14-17-18(15-9-5-3-6-10-15)24-25(19(17)23-20)16-11-7-4-8-12-16/h3,5-6,9-10,14,16H,2,4,7-8,11-13H2,1H3,(H,21,22,23). The molecule has 0 spiro atoms. The van der Waals surface area contributed by atoms with E-state index in [0.29, 0.717) is 12.0 Å². The van der Waals surface area contributed by atoms with E-state index in [-0.39, 0.29) is 0 Å². The van der Waals surface area contributed by atoms with Crippen LogP contribution < -0.4 is 5.32 Å². The molecule has 0 amide bonds. The van der Waals surface area contributed by atoms with Crippen LogP contribution in [0.1, 0.15) is 51.5 Å². The number of rotatable bonds is 5. The van der Waals surface area contributed by atoms with Crippen LogP contribution in [0.15, 0.2) is 36.5 Å². The van der Waals surface area contributed by atoms with Gasteiger partial charge in [0.05, 0.1) is 11.4 Å². The number of hydrogen-bond donors (Lipinski definition) is 1. The highest BCUT2D eigenvalue weighted by molar-refractivity contribution is 5.91. The van der Waals surface area contributed by atoms with Gasteiger partial charge in [-0.2, -0.15) is 10.1 Å². The fourth-order valence-electron chi connectivity index (χ4n) is 3.63. The Kier molecular flexibility index (Phi) is 4.63. The van der Waals surface area contributed by atoms with Crippen molar-refractivity contribution in [2.45, 2.75) is 51.5 Å². The fourth-order valence-corrected chi connectivity index (χ4v) is 3.63. The average Bonchev–Trinajstić information content (AvgIpc) is 3.06. The van der Waals surface area contributed by atoms with Crippen molar-refractivity contribution < 1.29 is 0 Å². The normalized spacial score (nSPS) is 15.6. The Morgan fingerprint density at radius 2 is 1.92 bits per heavy atom. The largest absolute Gasteiger partial charge is 0.354 e. The number of nitrogens with zero attached hydrogens (tertiary/aromatic N) is 4. The van der Waals surface area contributed by atoms with Gasteiger partial charge in [-0.25, -0.2) is 9.67 Å². The van der Waals surface area contributed by atoms with E-state index in [4.69, 9.17) is 10.1 Å². The Balaban J connectivity index is 1.83. The molecule has 0 radical (unpaired) electrons. The van der Waals surface area contributed by atoms with Crippen LogP contribution in [0.4, 0.5) is 5.95 Å². The summed E-state index contributed by atoms with van der Waals surface area (Å²) < 4.78 is 2.16. The summed E-state index contributed by atoms with van der Waals surface area (Å²) in [5.41, 5.74) is 3.07. The predicted molar refractivity (Wildman–Crippen MR) is 102 cm³/mol. The monoisotopic (exact) mass is 335 g/mol. The Morgan fingerprint density at radius 3 is 2.68 bits per heavy atom. The van der Waals surface area contributed by atoms with Gasteiger partial charge in [-0.3, -0.25) is 0 Å². The highest BCUT2D eigenvalue weighted by Crippen LogP contribution is 2.34. The maximum Gasteiger partial charge on any atom is 0.224 e. The van der Waals surface area contributed by atoms with Gasteiger partial charge in [0, 0.05) is 18.3 Å². The molecule has 2 aromatic heterocycles. The highest BCUT2D eigenvalue weighted by Gasteiger charge is 2.22. The van der Waals surface area contributed by atoms with E-state index in [1.165, 1.54) is 32.1 Å². The first kappa shape index (κ1) is 16.1. The quantitative estimate of drug-likeness (QED) is 0.726. The van der Waals surface area contributed by atoms with Crippen LogP contribution in [0.2, 0.25) is 0 Å². The Morgan fingerprint density at radius 1 is 1.12 bits per heavy atom. The van der Waals surface area contributed by atoms with Gasteiger partial charge in [0.25, 0.3) is 0 Å². The summed E-state index contributed by atoms with van der Waals surface area (Å²) in [4.78, 5) is 9.33. The molecule has 0 unspecified atom stereocenters. The van der Waals surface area contributed by atoms with Gasteiger partial charge in [-0.15, -0.1) is 0 Å². The third kappa shape index (κ3) is 3.23. The number of anilines is 1. The lowest BCUT2D eigenvalue weighted by Crippen LogP contribution is -2.15. The summed E-state index contributed by atoms with van der Waals surface area (Å²) >= 11 is 0. The minimum absolute atomic E-state index is 0.447. The van der Waals surface area contributed by atoms with Crippen molar-refractivity contribution in [3.63, 3.8) is 0 Å². The lowest BCUT2D eigenvalue weighted by Gasteiger charge is -2.22. The molecule has 25 heavy (non-hydrogen) atoms. The molecule has 1 aliphatic carbocycles. The number of aromatic nitrogens is 4. The smallest absolute Gasteiger partial charge is 0.224 e. The lowest BCUT2D eigenvalue weighted by atomic mass is 9.96. The van der Waals surface area contributed by atoms with Gasteiger partial charge >= 0.3 is 0 Å². The molecule has 1 aliphatic rings. The van der Waals surface area contributed by atoms with Crippen LogP contribution >= 0.6 is 0 Å². The first-order valence-corrected chi connectivity index (χ1v) is 9.41. The van der Waals surface area contributed by atoms with Gasteiger partial charge in [0.15, 0.2) is 5.65 Å². The second-order valence-corrected chi connectivity index (χ2v) is 6.81. The van der Waals surface area contributed by atoms with E-state index < -0.39 is 0 Å². The number of hydrogen-bond acceptors (Lipinski definition) is 4. The number of benzene rings is 1. The molecule has 2 heterocycles. The molecule has 1 fully saturated rings. The van der Waals surface area contributed by atoms with E-state index in [1.807, 2.05) is 12.3 Å². The molecular weight excluding hydrogens is 310 g/mol. The van der Waals surface area contributed by atoms with Gasteiger partial charge in [0.2, 0.25) is 5.95 Å². The van der Waals surface area contributed by atoms with Crippen LogP contribution in [-0.2, 0) is 0 Å². The second kappa shape index (κ2) is 7.21. The van der Waals surface area contributed by atoms with Crippen LogP contribution in [0.25, 0.3) is 22.3 Å². The molecule has 5 nitrogen and oxygen atoms in total. The maximum atomic E-state index is 4.99. The molecule has 4 rings (SSSR count). The Bertz CT molecular complexity index is 834. The summed E-state index contributed by atoms with van der Waals surface area (Å²) in [7, 11) is 0. The molecule has 0 bridgehead atoms. The van der Waals surface area contributed by atoms with Crippen LogP contribution in [0.3, 0.4) is 0 Å². The highest BCUT2D eigenvalue weighted by atomic mass is 15.3. The van der Waals surface area contributed by atoms with Crippen molar-refractivity contribution in [3.05, 3.63) is 36.5 Å². The molecule has 5 heteroatoms. The predicted octanol–water partition coefficient (Wildman–Crippen LogP) is 4.82. The molecule has 3 aromatic rings. The number of nitrogens with one attached hydrogen (secondary N) is 1. The Labute approximate surface area is 148 Å². The summed E-state index contributed by atoms with van der Waals surface area (Å²) in [5, 5.41) is 9.33. The van der Waals surface area contributed by atoms with Crippen molar-refractivity contribution in [2.75, 3.05) is 11.9 Å². The van der Waals surface area contributed by atoms with E-state index in [0.717, 1.165) is 35.3 Å². The minimum atomic E-state index is 0.447. The van der Waals surface area contributed by atoms with E-state index >= 15 is 0 Å². The fraction of sp³-hybridized carbons (Fsp3) is 0.450. The summed E-state index contributed by atoms with van der Waals surface area (Å²) in [6.45, 7) is 3.03. The van der Waals surface area contributed by atoms with Crippen molar-refractivity contribution >= 4 is 17.0 Å². The zero-order chi connectivity index (χ0) is 17.1. The Hall–Kier alpha value is -2.43. The SMILES string of the molecule is CCCNc1ncc2c(-c3ccccc3)nn(C3CCCCC3)c2n1. The summed E-state index contributed by atoms with van der Waals surface area (Å²) in [6, 6.07) is 10.8. The first-order chi connectivity index (χ1) is 12.4. The van der Waals surface area contributed by atoms with Crippen LogP contribution in [-0.4, -0.2) is 26.3 Å². The molecule has 1 saturated carbocycles. The van der Waals surface area contributed by atoms with Gasteiger partial charge in [0.1, 0.15) is 5.69 Å². The summed E-state index contributed by atoms with van der Waals surface area (Å²) in [6.07, 6.45) is 9.24. The van der Waals surface area contributed by atoms with Crippen molar-refractivity contribution in [1.82, 2.24) is 19.7 Å². The molecule has 0 atom stereocenters. The molecule has 0 saturated heterocycles. The zero-order valence-electron chi connectivity index (χ0n) is 14.8. The minimum Gasteiger partial charge on any atom is -0.354 e. The lowest BCUT2D eigenvalue weighted by molar-refractivity contribution is 0.336. The van der Waals surface area contributed by atoms with Crippen molar-refractivity contribution in [1.29, 1.82) is 0 Å². The average molecular weight is 335 g/mol.